The molecule has 2 aliphatic heterocycles. The highest BCUT2D eigenvalue weighted by atomic mass is 32.2. The molecule has 1 atom stereocenters. The van der Waals surface area contributed by atoms with E-state index < -0.39 is 28.0 Å². The summed E-state index contributed by atoms with van der Waals surface area (Å²) >= 11 is 0. The molecular formula is C23H25N3O5S. The molecule has 1 saturated heterocycles. The lowest BCUT2D eigenvalue weighted by Gasteiger charge is -2.29. The molecular weight excluding hydrogens is 430 g/mol. The van der Waals surface area contributed by atoms with Crippen molar-refractivity contribution in [2.45, 2.75) is 50.5 Å². The number of aryl methyl sites for hydroxylation is 1. The van der Waals surface area contributed by atoms with Crippen molar-refractivity contribution in [2.24, 2.45) is 4.40 Å². The molecule has 1 fully saturated rings. The average molecular weight is 456 g/mol. The van der Waals surface area contributed by atoms with Gasteiger partial charge in [0.05, 0.1) is 11.3 Å². The number of nitrogens with one attached hydrogen (secondary N) is 1. The number of esters is 1. The monoisotopic (exact) mass is 455 g/mol. The van der Waals surface area contributed by atoms with Gasteiger partial charge in [0.25, 0.3) is 15.9 Å². The average Bonchev–Trinajstić information content (AvgIpc) is 3.00. The summed E-state index contributed by atoms with van der Waals surface area (Å²) in [5.41, 5.74) is 2.09. The molecule has 0 aromatic heterocycles. The minimum atomic E-state index is -3.92. The van der Waals surface area contributed by atoms with Gasteiger partial charge in [0.2, 0.25) is 0 Å². The largest absolute Gasteiger partial charge is 0.449 e. The van der Waals surface area contributed by atoms with Gasteiger partial charge in [-0.05, 0) is 56.5 Å². The maximum Gasteiger partial charge on any atom is 0.338 e. The van der Waals surface area contributed by atoms with Crippen LogP contribution in [0.3, 0.4) is 0 Å². The van der Waals surface area contributed by atoms with Crippen LogP contribution in [0.25, 0.3) is 0 Å². The number of fused-ring (bicyclic) bond motifs is 3. The number of ether oxygens (including phenoxy) is 1. The summed E-state index contributed by atoms with van der Waals surface area (Å²) in [5, 5.41) is 2.73. The van der Waals surface area contributed by atoms with Crippen LogP contribution in [0.2, 0.25) is 0 Å². The minimum Gasteiger partial charge on any atom is -0.449 e. The molecule has 2 heterocycles. The zero-order valence-electron chi connectivity index (χ0n) is 18.0. The second kappa shape index (κ2) is 8.74. The number of benzene rings is 2. The molecule has 4 rings (SSSR count). The fourth-order valence-corrected chi connectivity index (χ4v) is 5.12. The minimum absolute atomic E-state index is 0.0189. The highest BCUT2D eigenvalue weighted by molar-refractivity contribution is 7.90. The number of amidine groups is 1. The van der Waals surface area contributed by atoms with Gasteiger partial charge in [-0.3, -0.25) is 4.79 Å². The lowest BCUT2D eigenvalue weighted by atomic mass is 10.1. The third kappa shape index (κ3) is 4.38. The number of amides is 1. The second-order valence-electron chi connectivity index (χ2n) is 7.98. The Morgan fingerprint density at radius 1 is 1.12 bits per heavy atom. The van der Waals surface area contributed by atoms with E-state index in [-0.39, 0.29) is 10.5 Å². The van der Waals surface area contributed by atoms with Gasteiger partial charge in [-0.25, -0.2) is 4.79 Å². The van der Waals surface area contributed by atoms with Crippen LogP contribution < -0.4 is 10.2 Å². The standard InChI is InChI=1S/C23H25N3O5S/c1-15-8-5-6-9-18(15)24-22(27)16(2)31-23(28)17-11-12-19-20(14-17)32(29,30)25-21-10-4-3-7-13-26(19)21/h5-6,8-9,11-12,14,16H,3-4,7,10,13H2,1-2H3,(H,24,27)/t16-/m0/s1. The Labute approximate surface area is 187 Å². The Morgan fingerprint density at radius 3 is 2.69 bits per heavy atom. The fourth-order valence-electron chi connectivity index (χ4n) is 3.84. The lowest BCUT2D eigenvalue weighted by molar-refractivity contribution is -0.123. The molecule has 2 aromatic rings. The number of carbonyl (C=O) groups is 2. The third-order valence-corrected chi connectivity index (χ3v) is 6.97. The van der Waals surface area contributed by atoms with Gasteiger partial charge in [-0.1, -0.05) is 24.6 Å². The van der Waals surface area contributed by atoms with Gasteiger partial charge in [0, 0.05) is 18.7 Å². The molecule has 2 aromatic carbocycles. The van der Waals surface area contributed by atoms with Crippen LogP contribution in [0.1, 0.15) is 48.5 Å². The summed E-state index contributed by atoms with van der Waals surface area (Å²) in [4.78, 5) is 27.0. The normalized spacial score (nSPS) is 17.8. The van der Waals surface area contributed by atoms with Crippen LogP contribution in [0.15, 0.2) is 51.8 Å². The van der Waals surface area contributed by atoms with Crippen LogP contribution >= 0.6 is 0 Å². The number of rotatable bonds is 4. The smallest absolute Gasteiger partial charge is 0.338 e. The molecule has 1 N–H and O–H groups in total. The first-order chi connectivity index (χ1) is 15.3. The van der Waals surface area contributed by atoms with E-state index in [2.05, 4.69) is 9.71 Å². The van der Waals surface area contributed by atoms with Crippen molar-refractivity contribution in [1.29, 1.82) is 0 Å². The SMILES string of the molecule is Cc1ccccc1NC(=O)[C@H](C)OC(=O)c1ccc2c(c1)S(=O)(=O)N=C1CCCCCN12. The molecule has 9 heteroatoms. The Balaban J connectivity index is 1.52. The number of nitrogens with zero attached hydrogens (tertiary/aromatic N) is 2. The molecule has 0 unspecified atom stereocenters. The third-order valence-electron chi connectivity index (χ3n) is 5.64. The van der Waals surface area contributed by atoms with Crippen molar-refractivity contribution in [2.75, 3.05) is 16.8 Å². The first kappa shape index (κ1) is 22.0. The molecule has 8 nitrogen and oxygen atoms in total. The van der Waals surface area contributed by atoms with Gasteiger partial charge in [0.15, 0.2) is 6.10 Å². The Bertz CT molecular complexity index is 1210. The van der Waals surface area contributed by atoms with E-state index in [1.165, 1.54) is 19.1 Å². The molecule has 168 valence electrons. The highest BCUT2D eigenvalue weighted by Gasteiger charge is 2.32. The predicted molar refractivity (Wildman–Crippen MR) is 122 cm³/mol. The maximum absolute atomic E-state index is 12.8. The molecule has 1 amide bonds. The number of anilines is 2. The summed E-state index contributed by atoms with van der Waals surface area (Å²) in [6.45, 7) is 4.01. The number of para-hydroxylation sites is 1. The zero-order valence-corrected chi connectivity index (χ0v) is 18.8. The quantitative estimate of drug-likeness (QED) is 0.706. The van der Waals surface area contributed by atoms with Gasteiger partial charge >= 0.3 is 5.97 Å². The van der Waals surface area contributed by atoms with E-state index in [1.807, 2.05) is 24.0 Å². The van der Waals surface area contributed by atoms with E-state index in [1.54, 1.807) is 18.2 Å². The number of carbonyl (C=O) groups excluding carboxylic acids is 2. The molecule has 0 saturated carbocycles. The lowest BCUT2D eigenvalue weighted by Crippen LogP contribution is -2.35. The molecule has 32 heavy (non-hydrogen) atoms. The summed E-state index contributed by atoms with van der Waals surface area (Å²) in [5.74, 6) is -0.704. The van der Waals surface area contributed by atoms with Crippen LogP contribution in [-0.4, -0.2) is 38.8 Å². The number of sulfonamides is 1. The number of hydrogen-bond acceptors (Lipinski definition) is 6. The molecule has 2 aliphatic rings. The van der Waals surface area contributed by atoms with Crippen LogP contribution in [-0.2, 0) is 19.6 Å². The summed E-state index contributed by atoms with van der Waals surface area (Å²) in [7, 11) is -3.92. The van der Waals surface area contributed by atoms with Gasteiger partial charge in [-0.15, -0.1) is 4.40 Å². The molecule has 0 bridgehead atoms. The second-order valence-corrected chi connectivity index (χ2v) is 9.55. The predicted octanol–water partition coefficient (Wildman–Crippen LogP) is 3.66. The van der Waals surface area contributed by atoms with Crippen molar-refractivity contribution in [3.05, 3.63) is 53.6 Å². The van der Waals surface area contributed by atoms with Crippen LogP contribution in [0, 0.1) is 6.92 Å². The van der Waals surface area contributed by atoms with Gasteiger partial charge in [0.1, 0.15) is 10.7 Å². The fraction of sp³-hybridized carbons (Fsp3) is 0.348. The molecule has 0 spiro atoms. The van der Waals surface area contributed by atoms with Crippen LogP contribution in [0.5, 0.6) is 0 Å². The van der Waals surface area contributed by atoms with E-state index >= 15 is 0 Å². The summed E-state index contributed by atoms with van der Waals surface area (Å²) in [6.07, 6.45) is 2.39. The van der Waals surface area contributed by atoms with Crippen molar-refractivity contribution < 1.29 is 22.7 Å². The van der Waals surface area contributed by atoms with Crippen molar-refractivity contribution in [1.82, 2.24) is 0 Å². The zero-order chi connectivity index (χ0) is 22.9. The Hall–Kier alpha value is -3.20. The Kier molecular flexibility index (Phi) is 6.01. The van der Waals surface area contributed by atoms with E-state index in [9.17, 15) is 18.0 Å². The first-order valence-corrected chi connectivity index (χ1v) is 12.0. The van der Waals surface area contributed by atoms with Crippen molar-refractivity contribution in [3.8, 4) is 0 Å². The van der Waals surface area contributed by atoms with Crippen molar-refractivity contribution >= 4 is 39.1 Å². The molecule has 0 aliphatic carbocycles. The van der Waals surface area contributed by atoms with Crippen LogP contribution in [0.4, 0.5) is 11.4 Å². The maximum atomic E-state index is 12.8. The summed E-state index contributed by atoms with van der Waals surface area (Å²) < 4.78 is 34.8. The van der Waals surface area contributed by atoms with E-state index in [4.69, 9.17) is 4.74 Å². The van der Waals surface area contributed by atoms with E-state index in [0.717, 1.165) is 24.8 Å². The summed E-state index contributed by atoms with van der Waals surface area (Å²) in [6, 6.07) is 11.7. The van der Waals surface area contributed by atoms with Gasteiger partial charge in [-0.2, -0.15) is 8.42 Å². The first-order valence-electron chi connectivity index (χ1n) is 10.6. The van der Waals surface area contributed by atoms with E-state index in [0.29, 0.717) is 30.2 Å². The topological polar surface area (TPSA) is 105 Å². The van der Waals surface area contributed by atoms with Crippen molar-refractivity contribution in [3.63, 3.8) is 0 Å². The molecule has 0 radical (unpaired) electrons. The highest BCUT2D eigenvalue weighted by Crippen LogP contribution is 2.35. The Morgan fingerprint density at radius 2 is 1.91 bits per heavy atom. The number of hydrogen-bond donors (Lipinski definition) is 1. The van der Waals surface area contributed by atoms with Gasteiger partial charge < -0.3 is 15.0 Å².